The SMILES string of the molecule is C=C(C)C(=O)OC(CCC)CSc1nnc(SCCCC)s1. The molecular formula is C15H24N2O2S3. The van der Waals surface area contributed by atoms with E-state index in [4.69, 9.17) is 4.74 Å². The molecule has 0 aliphatic rings. The number of nitrogens with zero attached hydrogens (tertiary/aromatic N) is 2. The summed E-state index contributed by atoms with van der Waals surface area (Å²) in [7, 11) is 0. The fourth-order valence-corrected chi connectivity index (χ4v) is 4.77. The van der Waals surface area contributed by atoms with Crippen molar-refractivity contribution >= 4 is 40.8 Å². The first-order valence-corrected chi connectivity index (χ1v) is 10.3. The number of hydrogen-bond acceptors (Lipinski definition) is 7. The highest BCUT2D eigenvalue weighted by Gasteiger charge is 2.16. The Balaban J connectivity index is 2.43. The van der Waals surface area contributed by atoms with Gasteiger partial charge in [0.1, 0.15) is 6.10 Å². The topological polar surface area (TPSA) is 52.1 Å². The van der Waals surface area contributed by atoms with E-state index in [1.165, 1.54) is 12.8 Å². The van der Waals surface area contributed by atoms with Crippen LogP contribution in [0, 0.1) is 0 Å². The fraction of sp³-hybridized carbons (Fsp3) is 0.667. The summed E-state index contributed by atoms with van der Waals surface area (Å²) < 4.78 is 7.40. The maximum atomic E-state index is 11.6. The Hall–Kier alpha value is -0.530. The average molecular weight is 361 g/mol. The molecule has 1 aromatic heterocycles. The van der Waals surface area contributed by atoms with E-state index in [1.54, 1.807) is 41.8 Å². The van der Waals surface area contributed by atoms with Crippen LogP contribution < -0.4 is 0 Å². The number of carbonyl (C=O) groups is 1. The second-order valence-corrected chi connectivity index (χ2v) is 8.53. The fourth-order valence-electron chi connectivity index (χ4n) is 1.53. The van der Waals surface area contributed by atoms with Crippen LogP contribution in [0.3, 0.4) is 0 Å². The summed E-state index contributed by atoms with van der Waals surface area (Å²) in [5.41, 5.74) is 0.441. The van der Waals surface area contributed by atoms with Crippen LogP contribution in [0.5, 0.6) is 0 Å². The summed E-state index contributed by atoms with van der Waals surface area (Å²) in [6, 6.07) is 0. The smallest absolute Gasteiger partial charge is 0.333 e. The summed E-state index contributed by atoms with van der Waals surface area (Å²) in [5.74, 6) is 1.48. The van der Waals surface area contributed by atoms with Gasteiger partial charge in [-0.25, -0.2) is 4.79 Å². The molecule has 0 amide bonds. The van der Waals surface area contributed by atoms with Gasteiger partial charge < -0.3 is 4.74 Å². The van der Waals surface area contributed by atoms with Crippen molar-refractivity contribution in [3.05, 3.63) is 12.2 Å². The number of esters is 1. The largest absolute Gasteiger partial charge is 0.458 e. The van der Waals surface area contributed by atoms with Crippen molar-refractivity contribution in [2.24, 2.45) is 0 Å². The van der Waals surface area contributed by atoms with Crippen molar-refractivity contribution in [3.8, 4) is 0 Å². The molecule has 1 rings (SSSR count). The molecule has 22 heavy (non-hydrogen) atoms. The van der Waals surface area contributed by atoms with Gasteiger partial charge in [-0.15, -0.1) is 10.2 Å². The Labute approximate surface area is 145 Å². The summed E-state index contributed by atoms with van der Waals surface area (Å²) in [6.45, 7) is 9.56. The van der Waals surface area contributed by atoms with E-state index >= 15 is 0 Å². The van der Waals surface area contributed by atoms with Crippen LogP contribution in [0.15, 0.2) is 20.8 Å². The second-order valence-electron chi connectivity index (χ2n) is 4.94. The normalized spacial score (nSPS) is 12.1. The lowest BCUT2D eigenvalue weighted by atomic mass is 10.2. The third kappa shape index (κ3) is 7.65. The Morgan fingerprint density at radius 3 is 2.55 bits per heavy atom. The van der Waals surface area contributed by atoms with E-state index in [-0.39, 0.29) is 12.1 Å². The number of rotatable bonds is 11. The molecule has 1 atom stereocenters. The lowest BCUT2D eigenvalue weighted by molar-refractivity contribution is -0.143. The molecular weight excluding hydrogens is 336 g/mol. The van der Waals surface area contributed by atoms with Crippen LogP contribution in [0.2, 0.25) is 0 Å². The standard InChI is InChI=1S/C15H24N2O2S3/c1-5-7-9-20-14-16-17-15(22-14)21-10-12(8-6-2)19-13(18)11(3)4/h12H,3,5-10H2,1-2,4H3. The van der Waals surface area contributed by atoms with E-state index < -0.39 is 0 Å². The first-order chi connectivity index (χ1) is 10.6. The quantitative estimate of drug-likeness (QED) is 0.244. The zero-order valence-electron chi connectivity index (χ0n) is 13.5. The van der Waals surface area contributed by atoms with E-state index in [9.17, 15) is 4.79 Å². The van der Waals surface area contributed by atoms with Gasteiger partial charge in [-0.2, -0.15) is 0 Å². The molecule has 0 saturated heterocycles. The highest BCUT2D eigenvalue weighted by Crippen LogP contribution is 2.30. The number of ether oxygens (including phenoxy) is 1. The van der Waals surface area contributed by atoms with Gasteiger partial charge >= 0.3 is 5.97 Å². The molecule has 7 heteroatoms. The van der Waals surface area contributed by atoms with Crippen LogP contribution in [0.4, 0.5) is 0 Å². The summed E-state index contributed by atoms with van der Waals surface area (Å²) in [4.78, 5) is 11.6. The van der Waals surface area contributed by atoms with Gasteiger partial charge in [0, 0.05) is 17.1 Å². The highest BCUT2D eigenvalue weighted by molar-refractivity contribution is 8.03. The van der Waals surface area contributed by atoms with Gasteiger partial charge in [0.25, 0.3) is 0 Å². The third-order valence-corrected chi connectivity index (χ3v) is 6.14. The van der Waals surface area contributed by atoms with Crippen molar-refractivity contribution in [1.82, 2.24) is 10.2 Å². The molecule has 1 aromatic rings. The lowest BCUT2D eigenvalue weighted by Crippen LogP contribution is -2.20. The molecule has 0 aromatic carbocycles. The zero-order chi connectivity index (χ0) is 16.4. The molecule has 1 heterocycles. The van der Waals surface area contributed by atoms with Gasteiger partial charge in [0.05, 0.1) is 0 Å². The Bertz CT molecular complexity index is 477. The van der Waals surface area contributed by atoms with Gasteiger partial charge in [-0.05, 0) is 19.8 Å². The zero-order valence-corrected chi connectivity index (χ0v) is 15.9. The van der Waals surface area contributed by atoms with Gasteiger partial charge in [-0.3, -0.25) is 0 Å². The van der Waals surface area contributed by atoms with Crippen LogP contribution >= 0.6 is 34.9 Å². The van der Waals surface area contributed by atoms with Crippen molar-refractivity contribution in [2.75, 3.05) is 11.5 Å². The Morgan fingerprint density at radius 2 is 1.95 bits per heavy atom. The summed E-state index contributed by atoms with van der Waals surface area (Å²) in [5, 5.41) is 8.38. The number of carbonyl (C=O) groups excluding carboxylic acids is 1. The molecule has 0 fully saturated rings. The van der Waals surface area contributed by atoms with Gasteiger partial charge in [-0.1, -0.05) is 68.1 Å². The van der Waals surface area contributed by atoms with Crippen molar-refractivity contribution < 1.29 is 9.53 Å². The van der Waals surface area contributed by atoms with Crippen LogP contribution in [0.25, 0.3) is 0 Å². The van der Waals surface area contributed by atoms with E-state index in [0.717, 1.165) is 27.3 Å². The molecule has 4 nitrogen and oxygen atoms in total. The predicted octanol–water partition coefficient (Wildman–Crippen LogP) is 4.81. The third-order valence-electron chi connectivity index (χ3n) is 2.74. The minimum atomic E-state index is -0.313. The number of aromatic nitrogens is 2. The minimum Gasteiger partial charge on any atom is -0.458 e. The minimum absolute atomic E-state index is 0.0979. The average Bonchev–Trinajstić information content (AvgIpc) is 2.93. The van der Waals surface area contributed by atoms with E-state index in [2.05, 4.69) is 30.6 Å². The maximum absolute atomic E-state index is 11.6. The van der Waals surface area contributed by atoms with Gasteiger partial charge in [0.2, 0.25) is 0 Å². The molecule has 0 aliphatic heterocycles. The first-order valence-electron chi connectivity index (χ1n) is 7.52. The molecule has 124 valence electrons. The second kappa shape index (κ2) is 11.1. The molecule has 0 bridgehead atoms. The van der Waals surface area contributed by atoms with Crippen LogP contribution in [0.1, 0.15) is 46.5 Å². The number of hydrogen-bond donors (Lipinski definition) is 0. The van der Waals surface area contributed by atoms with E-state index in [1.807, 2.05) is 0 Å². The molecule has 0 N–H and O–H groups in total. The van der Waals surface area contributed by atoms with Crippen molar-refractivity contribution in [3.63, 3.8) is 0 Å². The lowest BCUT2D eigenvalue weighted by Gasteiger charge is -2.16. The molecule has 0 aliphatic carbocycles. The summed E-state index contributed by atoms with van der Waals surface area (Å²) in [6.07, 6.45) is 4.12. The first kappa shape index (κ1) is 19.5. The highest BCUT2D eigenvalue weighted by atomic mass is 32.2. The predicted molar refractivity (Wildman–Crippen MR) is 95.9 cm³/mol. The van der Waals surface area contributed by atoms with Crippen molar-refractivity contribution in [2.45, 2.75) is 61.2 Å². The van der Waals surface area contributed by atoms with Crippen LogP contribution in [-0.4, -0.2) is 33.8 Å². The van der Waals surface area contributed by atoms with Gasteiger partial charge in [0.15, 0.2) is 8.68 Å². The monoisotopic (exact) mass is 360 g/mol. The van der Waals surface area contributed by atoms with Crippen molar-refractivity contribution in [1.29, 1.82) is 0 Å². The summed E-state index contributed by atoms with van der Waals surface area (Å²) >= 11 is 4.98. The number of thioether (sulfide) groups is 2. The molecule has 0 saturated carbocycles. The Kier molecular flexibility index (Phi) is 9.82. The molecule has 0 spiro atoms. The van der Waals surface area contributed by atoms with E-state index in [0.29, 0.717) is 11.3 Å². The Morgan fingerprint density at radius 1 is 1.27 bits per heavy atom. The van der Waals surface area contributed by atoms with Crippen LogP contribution in [-0.2, 0) is 9.53 Å². The molecule has 0 radical (unpaired) electrons. The molecule has 1 unspecified atom stereocenters. The maximum Gasteiger partial charge on any atom is 0.333 e. The number of unbranched alkanes of at least 4 members (excludes halogenated alkanes) is 1.